The lowest BCUT2D eigenvalue weighted by Gasteiger charge is -2.17. The SMILES string of the molecule is CCCNc1ncnc(OCCCC(C)C)c1C(C)C. The van der Waals surface area contributed by atoms with E-state index in [0.717, 1.165) is 49.2 Å². The molecule has 4 nitrogen and oxygen atoms in total. The third kappa shape index (κ3) is 5.35. The summed E-state index contributed by atoms with van der Waals surface area (Å²) in [4.78, 5) is 8.66. The smallest absolute Gasteiger partial charge is 0.222 e. The maximum absolute atomic E-state index is 5.88. The normalized spacial score (nSPS) is 11.2. The monoisotopic (exact) mass is 279 g/mol. The molecule has 0 spiro atoms. The summed E-state index contributed by atoms with van der Waals surface area (Å²) >= 11 is 0. The number of nitrogens with one attached hydrogen (secondary N) is 1. The van der Waals surface area contributed by atoms with Gasteiger partial charge in [-0.15, -0.1) is 0 Å². The van der Waals surface area contributed by atoms with Gasteiger partial charge in [-0.2, -0.15) is 0 Å². The van der Waals surface area contributed by atoms with Crippen LogP contribution < -0.4 is 10.1 Å². The van der Waals surface area contributed by atoms with Crippen LogP contribution >= 0.6 is 0 Å². The van der Waals surface area contributed by atoms with E-state index in [1.54, 1.807) is 6.33 Å². The van der Waals surface area contributed by atoms with Crippen molar-refractivity contribution in [2.24, 2.45) is 5.92 Å². The van der Waals surface area contributed by atoms with Crippen LogP contribution in [0.15, 0.2) is 6.33 Å². The number of ether oxygens (including phenoxy) is 1. The Kier molecular flexibility index (Phi) is 7.34. The molecule has 20 heavy (non-hydrogen) atoms. The molecule has 1 aromatic rings. The summed E-state index contributed by atoms with van der Waals surface area (Å²) in [6, 6.07) is 0. The van der Waals surface area contributed by atoms with Gasteiger partial charge in [0.2, 0.25) is 5.88 Å². The largest absolute Gasteiger partial charge is 0.477 e. The first-order valence-electron chi connectivity index (χ1n) is 7.77. The summed E-state index contributed by atoms with van der Waals surface area (Å²) in [6.45, 7) is 12.6. The third-order valence-electron chi connectivity index (χ3n) is 3.13. The molecule has 0 aromatic carbocycles. The molecule has 0 atom stereocenters. The molecule has 0 aliphatic heterocycles. The van der Waals surface area contributed by atoms with Crippen LogP contribution in [0, 0.1) is 5.92 Å². The van der Waals surface area contributed by atoms with Crippen molar-refractivity contribution in [3.63, 3.8) is 0 Å². The predicted molar refractivity (Wildman–Crippen MR) is 84.5 cm³/mol. The van der Waals surface area contributed by atoms with Gasteiger partial charge in [0.05, 0.1) is 12.2 Å². The average Bonchev–Trinajstić information content (AvgIpc) is 2.40. The zero-order valence-electron chi connectivity index (χ0n) is 13.6. The highest BCUT2D eigenvalue weighted by Gasteiger charge is 2.15. The van der Waals surface area contributed by atoms with E-state index in [9.17, 15) is 0 Å². The molecule has 0 aliphatic carbocycles. The van der Waals surface area contributed by atoms with Crippen LogP contribution in [0.5, 0.6) is 5.88 Å². The molecule has 0 saturated carbocycles. The molecule has 1 heterocycles. The van der Waals surface area contributed by atoms with Gasteiger partial charge in [-0.25, -0.2) is 9.97 Å². The van der Waals surface area contributed by atoms with Crippen LogP contribution in [0.25, 0.3) is 0 Å². The van der Waals surface area contributed by atoms with Crippen LogP contribution in [0.1, 0.15) is 65.4 Å². The average molecular weight is 279 g/mol. The highest BCUT2D eigenvalue weighted by Crippen LogP contribution is 2.30. The molecule has 114 valence electrons. The number of rotatable bonds is 9. The maximum Gasteiger partial charge on any atom is 0.222 e. The van der Waals surface area contributed by atoms with Crippen molar-refractivity contribution < 1.29 is 4.74 Å². The Hall–Kier alpha value is -1.32. The first-order valence-corrected chi connectivity index (χ1v) is 7.77. The molecule has 4 heteroatoms. The minimum Gasteiger partial charge on any atom is -0.477 e. The van der Waals surface area contributed by atoms with E-state index in [0.29, 0.717) is 5.92 Å². The van der Waals surface area contributed by atoms with Gasteiger partial charge in [0.25, 0.3) is 0 Å². The fourth-order valence-corrected chi connectivity index (χ4v) is 2.06. The van der Waals surface area contributed by atoms with E-state index >= 15 is 0 Å². The third-order valence-corrected chi connectivity index (χ3v) is 3.13. The second kappa shape index (κ2) is 8.77. The molecular formula is C16H29N3O. The second-order valence-electron chi connectivity index (χ2n) is 5.91. The van der Waals surface area contributed by atoms with Crippen molar-refractivity contribution in [2.45, 2.75) is 59.8 Å². The highest BCUT2D eigenvalue weighted by molar-refractivity contribution is 5.50. The lowest BCUT2D eigenvalue weighted by Crippen LogP contribution is -2.10. The van der Waals surface area contributed by atoms with Crippen LogP contribution in [0.2, 0.25) is 0 Å². The fourth-order valence-electron chi connectivity index (χ4n) is 2.06. The number of hydrogen-bond donors (Lipinski definition) is 1. The maximum atomic E-state index is 5.88. The van der Waals surface area contributed by atoms with Crippen molar-refractivity contribution >= 4 is 5.82 Å². The van der Waals surface area contributed by atoms with E-state index < -0.39 is 0 Å². The van der Waals surface area contributed by atoms with Crippen LogP contribution in [0.4, 0.5) is 5.82 Å². The Morgan fingerprint density at radius 1 is 1.20 bits per heavy atom. The van der Waals surface area contributed by atoms with E-state index in [2.05, 4.69) is 49.9 Å². The fraction of sp³-hybridized carbons (Fsp3) is 0.750. The summed E-state index contributed by atoms with van der Waals surface area (Å²) < 4.78 is 5.88. The number of anilines is 1. The molecular weight excluding hydrogens is 250 g/mol. The zero-order valence-corrected chi connectivity index (χ0v) is 13.6. The summed E-state index contributed by atoms with van der Waals surface area (Å²) in [5.74, 6) is 2.71. The predicted octanol–water partition coefficient (Wildman–Crippen LogP) is 4.24. The van der Waals surface area contributed by atoms with E-state index in [-0.39, 0.29) is 0 Å². The minimum atomic E-state index is 0.343. The van der Waals surface area contributed by atoms with Crippen molar-refractivity contribution in [1.82, 2.24) is 9.97 Å². The van der Waals surface area contributed by atoms with Crippen LogP contribution in [0.3, 0.4) is 0 Å². The van der Waals surface area contributed by atoms with Crippen molar-refractivity contribution in [1.29, 1.82) is 0 Å². The standard InChI is InChI=1S/C16H29N3O/c1-6-9-17-15-14(13(4)5)16(19-11-18-15)20-10-7-8-12(2)3/h11-13H,6-10H2,1-5H3,(H,17,18,19). The van der Waals surface area contributed by atoms with Gasteiger partial charge in [0, 0.05) is 6.54 Å². The van der Waals surface area contributed by atoms with Gasteiger partial charge in [-0.1, -0.05) is 34.6 Å². The van der Waals surface area contributed by atoms with E-state index in [1.165, 1.54) is 6.42 Å². The summed E-state index contributed by atoms with van der Waals surface area (Å²) in [5.41, 5.74) is 1.09. The van der Waals surface area contributed by atoms with Crippen molar-refractivity contribution in [2.75, 3.05) is 18.5 Å². The van der Waals surface area contributed by atoms with E-state index in [1.807, 2.05) is 0 Å². The molecule has 0 bridgehead atoms. The number of aromatic nitrogens is 2. The molecule has 0 unspecified atom stereocenters. The van der Waals surface area contributed by atoms with Crippen LogP contribution in [-0.2, 0) is 0 Å². The molecule has 0 aliphatic rings. The quantitative estimate of drug-likeness (QED) is 0.687. The molecule has 1 aromatic heterocycles. The first kappa shape index (κ1) is 16.7. The highest BCUT2D eigenvalue weighted by atomic mass is 16.5. The van der Waals surface area contributed by atoms with E-state index in [4.69, 9.17) is 4.74 Å². The molecule has 1 rings (SSSR count). The number of hydrogen-bond acceptors (Lipinski definition) is 4. The molecule has 1 N–H and O–H groups in total. The lowest BCUT2D eigenvalue weighted by molar-refractivity contribution is 0.283. The van der Waals surface area contributed by atoms with Crippen molar-refractivity contribution in [3.05, 3.63) is 11.9 Å². The Balaban J connectivity index is 2.73. The van der Waals surface area contributed by atoms with Gasteiger partial charge < -0.3 is 10.1 Å². The molecule has 0 saturated heterocycles. The summed E-state index contributed by atoms with van der Waals surface area (Å²) in [6.07, 6.45) is 4.91. The topological polar surface area (TPSA) is 47.0 Å². The summed E-state index contributed by atoms with van der Waals surface area (Å²) in [7, 11) is 0. The Morgan fingerprint density at radius 2 is 1.95 bits per heavy atom. The minimum absolute atomic E-state index is 0.343. The second-order valence-corrected chi connectivity index (χ2v) is 5.91. The lowest BCUT2D eigenvalue weighted by atomic mass is 10.1. The van der Waals surface area contributed by atoms with Gasteiger partial charge in [0.15, 0.2) is 0 Å². The Bertz CT molecular complexity index is 391. The molecule has 0 amide bonds. The van der Waals surface area contributed by atoms with Crippen molar-refractivity contribution in [3.8, 4) is 5.88 Å². The molecule has 0 radical (unpaired) electrons. The van der Waals surface area contributed by atoms with Gasteiger partial charge in [-0.05, 0) is 31.1 Å². The molecule has 0 fully saturated rings. The Labute approximate surface area is 123 Å². The summed E-state index contributed by atoms with van der Waals surface area (Å²) in [5, 5.41) is 3.36. The van der Waals surface area contributed by atoms with Gasteiger partial charge in [0.1, 0.15) is 12.1 Å². The van der Waals surface area contributed by atoms with Gasteiger partial charge in [-0.3, -0.25) is 0 Å². The number of nitrogens with zero attached hydrogens (tertiary/aromatic N) is 2. The zero-order chi connectivity index (χ0) is 15.0. The first-order chi connectivity index (χ1) is 9.56. The Morgan fingerprint density at radius 3 is 2.55 bits per heavy atom. The van der Waals surface area contributed by atoms with Crippen LogP contribution in [-0.4, -0.2) is 23.1 Å². The van der Waals surface area contributed by atoms with Gasteiger partial charge >= 0.3 is 0 Å².